The molecule has 2 amide bonds. The van der Waals surface area contributed by atoms with E-state index in [1.54, 1.807) is 14.2 Å². The summed E-state index contributed by atoms with van der Waals surface area (Å²) < 4.78 is 10.6. The minimum absolute atomic E-state index is 0.222. The number of hydrogen-bond donors (Lipinski definition) is 2. The Morgan fingerprint density at radius 1 is 1.00 bits per heavy atom. The maximum Gasteiger partial charge on any atom is 0.315 e. The number of rotatable bonds is 6. The van der Waals surface area contributed by atoms with Crippen molar-refractivity contribution in [2.24, 2.45) is 0 Å². The summed E-state index contributed by atoms with van der Waals surface area (Å²) in [6.45, 7) is 6.41. The highest BCUT2D eigenvalue weighted by Gasteiger charge is 2.24. The zero-order valence-corrected chi connectivity index (χ0v) is 15.5. The molecule has 2 N–H and O–H groups in total. The Labute approximate surface area is 149 Å². The van der Waals surface area contributed by atoms with Gasteiger partial charge in [-0.2, -0.15) is 0 Å². The molecule has 2 aromatic carbocycles. The molecule has 134 valence electrons. The fourth-order valence-corrected chi connectivity index (χ4v) is 2.51. The summed E-state index contributed by atoms with van der Waals surface area (Å²) in [6, 6.07) is 13.5. The number of aryl methyl sites for hydroxylation is 1. The Morgan fingerprint density at radius 3 is 2.24 bits per heavy atom. The summed E-state index contributed by atoms with van der Waals surface area (Å²) in [5.41, 5.74) is 2.62. The number of benzene rings is 2. The van der Waals surface area contributed by atoms with Crippen molar-refractivity contribution in [2.45, 2.75) is 32.9 Å². The van der Waals surface area contributed by atoms with E-state index in [0.717, 1.165) is 11.1 Å². The van der Waals surface area contributed by atoms with Crippen molar-refractivity contribution in [3.63, 3.8) is 0 Å². The van der Waals surface area contributed by atoms with Crippen LogP contribution in [0, 0.1) is 6.92 Å². The number of carbonyl (C=O) groups excluding carboxylic acids is 1. The van der Waals surface area contributed by atoms with E-state index in [0.29, 0.717) is 18.0 Å². The normalized spacial score (nSPS) is 10.9. The monoisotopic (exact) mass is 342 g/mol. The highest BCUT2D eigenvalue weighted by Crippen LogP contribution is 2.31. The quantitative estimate of drug-likeness (QED) is 0.840. The van der Waals surface area contributed by atoms with Crippen molar-refractivity contribution in [1.82, 2.24) is 10.6 Å². The first-order valence-electron chi connectivity index (χ1n) is 8.20. The topological polar surface area (TPSA) is 59.6 Å². The van der Waals surface area contributed by atoms with Crippen molar-refractivity contribution in [3.05, 3.63) is 59.2 Å². The van der Waals surface area contributed by atoms with Gasteiger partial charge in [0.15, 0.2) is 11.5 Å². The average Bonchev–Trinajstić information content (AvgIpc) is 2.60. The Hall–Kier alpha value is -2.69. The fourth-order valence-electron chi connectivity index (χ4n) is 2.51. The van der Waals surface area contributed by atoms with Crippen LogP contribution in [0.5, 0.6) is 11.5 Å². The first-order chi connectivity index (χ1) is 11.9. The van der Waals surface area contributed by atoms with Gasteiger partial charge in [0, 0.05) is 6.54 Å². The second-order valence-electron chi connectivity index (χ2n) is 6.49. The number of carbonyl (C=O) groups is 1. The Balaban J connectivity index is 2.01. The summed E-state index contributed by atoms with van der Waals surface area (Å²) in [5.74, 6) is 1.29. The molecule has 0 aliphatic rings. The third-order valence-corrected chi connectivity index (χ3v) is 4.10. The molecule has 0 saturated carbocycles. The molecule has 0 spiro atoms. The number of methoxy groups -OCH3 is 2. The summed E-state index contributed by atoms with van der Waals surface area (Å²) in [4.78, 5) is 12.3. The van der Waals surface area contributed by atoms with E-state index in [2.05, 4.69) is 10.6 Å². The average molecular weight is 342 g/mol. The maximum absolute atomic E-state index is 12.3. The highest BCUT2D eigenvalue weighted by atomic mass is 16.5. The third kappa shape index (κ3) is 4.89. The van der Waals surface area contributed by atoms with E-state index in [-0.39, 0.29) is 6.03 Å². The Bertz CT molecular complexity index is 724. The van der Waals surface area contributed by atoms with Crippen molar-refractivity contribution in [2.75, 3.05) is 14.2 Å². The predicted molar refractivity (Wildman–Crippen MR) is 99.1 cm³/mol. The first-order valence-corrected chi connectivity index (χ1v) is 8.20. The third-order valence-electron chi connectivity index (χ3n) is 4.10. The number of amides is 2. The molecule has 0 bridgehead atoms. The molecule has 0 fully saturated rings. The number of hydrogen-bond acceptors (Lipinski definition) is 3. The van der Waals surface area contributed by atoms with Crippen LogP contribution in [0.15, 0.2) is 42.5 Å². The fraction of sp³-hybridized carbons (Fsp3) is 0.350. The van der Waals surface area contributed by atoms with Crippen LogP contribution in [-0.2, 0) is 12.1 Å². The van der Waals surface area contributed by atoms with E-state index >= 15 is 0 Å². The number of ether oxygens (including phenoxy) is 2. The van der Waals surface area contributed by atoms with Crippen LogP contribution < -0.4 is 20.1 Å². The second-order valence-corrected chi connectivity index (χ2v) is 6.49. The van der Waals surface area contributed by atoms with Gasteiger partial charge in [-0.15, -0.1) is 0 Å². The van der Waals surface area contributed by atoms with Gasteiger partial charge >= 0.3 is 6.03 Å². The molecule has 25 heavy (non-hydrogen) atoms. The van der Waals surface area contributed by atoms with Crippen molar-refractivity contribution >= 4 is 6.03 Å². The van der Waals surface area contributed by atoms with Crippen LogP contribution in [0.25, 0.3) is 0 Å². The minimum atomic E-state index is -0.559. The summed E-state index contributed by atoms with van der Waals surface area (Å²) in [6.07, 6.45) is 0. The lowest BCUT2D eigenvalue weighted by atomic mass is 9.94. The summed E-state index contributed by atoms with van der Waals surface area (Å²) in [5, 5.41) is 5.89. The molecular weight excluding hydrogens is 316 g/mol. The van der Waals surface area contributed by atoms with Gasteiger partial charge in [0.25, 0.3) is 0 Å². The molecule has 2 aromatic rings. The van der Waals surface area contributed by atoms with Gasteiger partial charge in [-0.05, 0) is 44.0 Å². The van der Waals surface area contributed by atoms with Crippen molar-refractivity contribution < 1.29 is 14.3 Å². The van der Waals surface area contributed by atoms with Gasteiger partial charge in [-0.25, -0.2) is 4.79 Å². The molecule has 0 radical (unpaired) electrons. The van der Waals surface area contributed by atoms with E-state index < -0.39 is 5.54 Å². The summed E-state index contributed by atoms with van der Waals surface area (Å²) in [7, 11) is 3.19. The molecule has 0 atom stereocenters. The van der Waals surface area contributed by atoms with Gasteiger partial charge in [0.2, 0.25) is 0 Å². The van der Waals surface area contributed by atoms with Crippen LogP contribution in [-0.4, -0.2) is 20.3 Å². The number of nitrogens with one attached hydrogen (secondary N) is 2. The smallest absolute Gasteiger partial charge is 0.315 e. The van der Waals surface area contributed by atoms with Gasteiger partial charge in [0.05, 0.1) is 19.8 Å². The molecule has 0 saturated heterocycles. The van der Waals surface area contributed by atoms with E-state index in [9.17, 15) is 4.79 Å². The molecule has 0 aromatic heterocycles. The van der Waals surface area contributed by atoms with Crippen molar-refractivity contribution in [1.29, 1.82) is 0 Å². The van der Waals surface area contributed by atoms with E-state index in [1.807, 2.05) is 63.2 Å². The SMILES string of the molecule is COc1ccc(C(C)(C)NC(=O)NCc2ccc(C)cc2)cc1OC. The number of urea groups is 1. The standard InChI is InChI=1S/C20H26N2O3/c1-14-6-8-15(9-7-14)13-21-19(23)22-20(2,3)16-10-11-17(24-4)18(12-16)25-5/h6-12H,13H2,1-5H3,(H2,21,22,23). The van der Waals surface area contributed by atoms with Crippen LogP contribution in [0.4, 0.5) is 4.79 Å². The molecule has 0 aliphatic carbocycles. The predicted octanol–water partition coefficient (Wildman–Crippen LogP) is 3.75. The van der Waals surface area contributed by atoms with Crippen LogP contribution >= 0.6 is 0 Å². The largest absolute Gasteiger partial charge is 0.493 e. The first kappa shape index (κ1) is 18.6. The van der Waals surface area contributed by atoms with Crippen molar-refractivity contribution in [3.8, 4) is 11.5 Å². The van der Waals surface area contributed by atoms with Crippen LogP contribution in [0.1, 0.15) is 30.5 Å². The molecule has 0 unspecified atom stereocenters. The van der Waals surface area contributed by atoms with E-state index in [1.165, 1.54) is 5.56 Å². The van der Waals surface area contributed by atoms with Gasteiger partial charge in [0.1, 0.15) is 0 Å². The van der Waals surface area contributed by atoms with Gasteiger partial charge < -0.3 is 20.1 Å². The molecular formula is C20H26N2O3. The molecule has 5 nitrogen and oxygen atoms in total. The van der Waals surface area contributed by atoms with Crippen LogP contribution in [0.3, 0.4) is 0 Å². The van der Waals surface area contributed by atoms with Crippen LogP contribution in [0.2, 0.25) is 0 Å². The Kier molecular flexibility index (Phi) is 5.91. The minimum Gasteiger partial charge on any atom is -0.493 e. The lowest BCUT2D eigenvalue weighted by molar-refractivity contribution is 0.229. The maximum atomic E-state index is 12.3. The van der Waals surface area contributed by atoms with Gasteiger partial charge in [-0.1, -0.05) is 35.9 Å². The molecule has 5 heteroatoms. The molecule has 2 rings (SSSR count). The van der Waals surface area contributed by atoms with E-state index in [4.69, 9.17) is 9.47 Å². The zero-order chi connectivity index (χ0) is 18.4. The summed E-state index contributed by atoms with van der Waals surface area (Å²) >= 11 is 0. The zero-order valence-electron chi connectivity index (χ0n) is 15.5. The lowest BCUT2D eigenvalue weighted by Crippen LogP contribution is -2.46. The Morgan fingerprint density at radius 2 is 1.64 bits per heavy atom. The van der Waals surface area contributed by atoms with Gasteiger partial charge in [-0.3, -0.25) is 0 Å². The molecule has 0 heterocycles. The highest BCUT2D eigenvalue weighted by molar-refractivity contribution is 5.75. The lowest BCUT2D eigenvalue weighted by Gasteiger charge is -2.27. The second kappa shape index (κ2) is 7.92. The molecule has 0 aliphatic heterocycles.